The topological polar surface area (TPSA) is 158 Å². The van der Waals surface area contributed by atoms with Gasteiger partial charge in [-0.3, -0.25) is 23.7 Å². The van der Waals surface area contributed by atoms with Gasteiger partial charge in [0.05, 0.1) is 13.2 Å². The zero-order chi connectivity index (χ0) is 26.7. The third-order valence-electron chi connectivity index (χ3n) is 5.06. The van der Waals surface area contributed by atoms with E-state index in [4.69, 9.17) is 18.5 Å². The third-order valence-corrected chi connectivity index (χ3v) is 7.70. The van der Waals surface area contributed by atoms with Crippen molar-refractivity contribution in [2.45, 2.75) is 49.3 Å². The second-order valence-electron chi connectivity index (χ2n) is 8.32. The molecular weight excluding hydrogens is 568 g/mol. The van der Waals surface area contributed by atoms with Crippen molar-refractivity contribution >= 4 is 29.6 Å². The van der Waals surface area contributed by atoms with Crippen molar-refractivity contribution in [1.29, 1.82) is 0 Å². The van der Waals surface area contributed by atoms with Gasteiger partial charge in [-0.2, -0.15) is 5.09 Å². The molecule has 5 atom stereocenters. The van der Waals surface area contributed by atoms with Gasteiger partial charge in [0.2, 0.25) is 4.58 Å². The van der Waals surface area contributed by atoms with Gasteiger partial charge in [0.15, 0.2) is 6.23 Å². The van der Waals surface area contributed by atoms with Crippen molar-refractivity contribution in [1.82, 2.24) is 14.6 Å². The lowest BCUT2D eigenvalue weighted by molar-refractivity contribution is -0.149. The Balaban J connectivity index is 1.84. The lowest BCUT2D eigenvalue weighted by Gasteiger charge is -2.29. The van der Waals surface area contributed by atoms with Crippen LogP contribution in [0.4, 0.5) is 4.39 Å². The van der Waals surface area contributed by atoms with Crippen LogP contribution >= 0.6 is 23.7 Å². The van der Waals surface area contributed by atoms with Gasteiger partial charge >= 0.3 is 19.4 Å². The molecule has 2 heterocycles. The maximum absolute atomic E-state index is 15.4. The molecule has 1 aromatic heterocycles. The van der Waals surface area contributed by atoms with Crippen molar-refractivity contribution in [3.8, 4) is 5.75 Å². The highest BCUT2D eigenvalue weighted by Gasteiger charge is 2.57. The Hall–Kier alpha value is -2.35. The number of para-hydroxylation sites is 1. The molecule has 0 bridgehead atoms. The third kappa shape index (κ3) is 6.31. The van der Waals surface area contributed by atoms with Gasteiger partial charge in [0.25, 0.3) is 5.56 Å². The fourth-order valence-corrected chi connectivity index (χ4v) is 5.60. The Morgan fingerprint density at radius 3 is 2.61 bits per heavy atom. The Kier molecular flexibility index (Phi) is 8.59. The largest absolute Gasteiger partial charge is 0.465 e. The summed E-state index contributed by atoms with van der Waals surface area (Å²) in [6.07, 6.45) is -4.05. The average Bonchev–Trinajstić information content (AvgIpc) is 3.01. The number of halogens is 2. The van der Waals surface area contributed by atoms with Crippen molar-refractivity contribution < 1.29 is 37.4 Å². The van der Waals surface area contributed by atoms with Crippen LogP contribution in [0.2, 0.25) is 0 Å². The van der Waals surface area contributed by atoms with Crippen LogP contribution in [-0.2, 0) is 23.4 Å². The zero-order valence-corrected chi connectivity index (χ0v) is 22.0. The molecule has 0 spiro atoms. The van der Waals surface area contributed by atoms with Crippen LogP contribution in [0.5, 0.6) is 5.75 Å². The summed E-state index contributed by atoms with van der Waals surface area (Å²) in [6, 6.07) is 8.92. The number of aromatic amines is 1. The maximum Gasteiger partial charge on any atom is 0.459 e. The van der Waals surface area contributed by atoms with E-state index >= 15 is 4.39 Å². The average molecular weight is 594 g/mol. The molecule has 1 aliphatic rings. The highest BCUT2D eigenvalue weighted by atomic mass is 79.9. The fraction of sp³-hybridized carbons (Fsp3) is 0.476. The number of nitrogens with one attached hydrogen (secondary N) is 2. The predicted molar refractivity (Wildman–Crippen MR) is 128 cm³/mol. The highest BCUT2D eigenvalue weighted by molar-refractivity contribution is 9.10. The zero-order valence-electron chi connectivity index (χ0n) is 19.6. The van der Waals surface area contributed by atoms with E-state index in [2.05, 4.69) is 21.0 Å². The smallest absolute Gasteiger partial charge is 0.459 e. The van der Waals surface area contributed by atoms with Gasteiger partial charge in [-0.15, -0.1) is 0 Å². The van der Waals surface area contributed by atoms with E-state index in [0.29, 0.717) is 0 Å². The monoisotopic (exact) mass is 593 g/mol. The molecule has 12 nitrogen and oxygen atoms in total. The molecule has 0 aliphatic carbocycles. The molecule has 0 amide bonds. The number of rotatable bonds is 10. The van der Waals surface area contributed by atoms with E-state index in [0.717, 1.165) is 16.8 Å². The van der Waals surface area contributed by atoms with Gasteiger partial charge in [-0.05, 0) is 48.8 Å². The van der Waals surface area contributed by atoms with Crippen LogP contribution < -0.4 is 20.9 Å². The molecule has 3 rings (SSSR count). The van der Waals surface area contributed by atoms with Crippen LogP contribution in [0.15, 0.2) is 52.2 Å². The minimum absolute atomic E-state index is 0.0755. The summed E-state index contributed by atoms with van der Waals surface area (Å²) in [7, 11) is -4.36. The van der Waals surface area contributed by atoms with Crippen molar-refractivity contribution in [3.05, 3.63) is 63.4 Å². The summed E-state index contributed by atoms with van der Waals surface area (Å²) < 4.78 is 48.6. The minimum atomic E-state index is -4.36. The number of carbonyl (C=O) groups is 1. The first-order valence-electron chi connectivity index (χ1n) is 10.8. The predicted octanol–water partition coefficient (Wildman–Crippen LogP) is 1.99. The first kappa shape index (κ1) is 28.2. The van der Waals surface area contributed by atoms with Gasteiger partial charge in [-0.1, -0.05) is 18.2 Å². The number of esters is 1. The molecule has 15 heteroatoms. The summed E-state index contributed by atoms with van der Waals surface area (Å²) in [5.74, 6) is -0.595. The van der Waals surface area contributed by atoms with Gasteiger partial charge in [-0.25, -0.2) is 13.8 Å². The van der Waals surface area contributed by atoms with E-state index in [1.165, 1.54) is 26.0 Å². The first-order valence-corrected chi connectivity index (χ1v) is 13.1. The number of aliphatic hydroxyl groups excluding tert-OH is 1. The molecule has 1 aliphatic heterocycles. The van der Waals surface area contributed by atoms with Crippen LogP contribution in [0.3, 0.4) is 0 Å². The van der Waals surface area contributed by atoms with Gasteiger partial charge in [0, 0.05) is 12.3 Å². The van der Waals surface area contributed by atoms with E-state index < -0.39 is 60.1 Å². The standard InChI is InChI=1S/C21H26BrFN3O9P/c1-4-32-18(29)20(2,3)25-36(31,35-13-8-6-5-7-9-13)33-12-14-16(28)21(22,23)17(34-14)26-11-10-15(27)24-19(26)30/h5-11,14,16-17,28H,4,12H2,1-3H3,(H,25,31)(H,24,27,30)/t14-,16-,17-,21-,36-/m1/s1. The molecule has 1 aromatic carbocycles. The highest BCUT2D eigenvalue weighted by Crippen LogP contribution is 2.50. The minimum Gasteiger partial charge on any atom is -0.465 e. The van der Waals surface area contributed by atoms with Gasteiger partial charge in [0.1, 0.15) is 23.5 Å². The number of nitrogens with zero attached hydrogens (tertiary/aromatic N) is 1. The number of aliphatic hydroxyl groups is 1. The van der Waals surface area contributed by atoms with Crippen LogP contribution in [0.1, 0.15) is 27.0 Å². The van der Waals surface area contributed by atoms with Crippen LogP contribution in [0, 0.1) is 0 Å². The van der Waals surface area contributed by atoms with Gasteiger partial charge < -0.3 is 19.1 Å². The lowest BCUT2D eigenvalue weighted by atomic mass is 10.1. The number of ether oxygens (including phenoxy) is 2. The quantitative estimate of drug-likeness (QED) is 0.211. The van der Waals surface area contributed by atoms with Crippen LogP contribution in [0.25, 0.3) is 0 Å². The van der Waals surface area contributed by atoms with Crippen molar-refractivity contribution in [2.75, 3.05) is 13.2 Å². The lowest BCUT2D eigenvalue weighted by Crippen LogP contribution is -2.47. The molecule has 1 fully saturated rings. The Bertz CT molecular complexity index is 1240. The molecule has 1 saturated heterocycles. The van der Waals surface area contributed by atoms with E-state index in [1.807, 2.05) is 4.98 Å². The number of carbonyl (C=O) groups excluding carboxylic acids is 1. The number of hydrogen-bond donors (Lipinski definition) is 3. The molecule has 36 heavy (non-hydrogen) atoms. The van der Waals surface area contributed by atoms with E-state index in [1.54, 1.807) is 25.1 Å². The number of hydrogen-bond acceptors (Lipinski definition) is 9. The summed E-state index contributed by atoms with van der Waals surface area (Å²) in [5, 5.41) is 13.1. The molecule has 3 N–H and O–H groups in total. The maximum atomic E-state index is 15.4. The van der Waals surface area contributed by atoms with Crippen LogP contribution in [-0.4, -0.2) is 56.2 Å². The summed E-state index contributed by atoms with van der Waals surface area (Å²) in [5.41, 5.74) is -3.21. The molecule has 0 radical (unpaired) electrons. The van der Waals surface area contributed by atoms with E-state index in [9.17, 15) is 24.1 Å². The molecule has 2 aromatic rings. The van der Waals surface area contributed by atoms with Crippen molar-refractivity contribution in [3.63, 3.8) is 0 Å². The second kappa shape index (κ2) is 11.0. The summed E-state index contributed by atoms with van der Waals surface area (Å²) in [4.78, 5) is 37.8. The molecule has 0 unspecified atom stereocenters. The second-order valence-corrected chi connectivity index (χ2v) is 11.2. The Morgan fingerprint density at radius 2 is 2.00 bits per heavy atom. The van der Waals surface area contributed by atoms with E-state index in [-0.39, 0.29) is 12.4 Å². The summed E-state index contributed by atoms with van der Waals surface area (Å²) in [6.45, 7) is 3.81. The number of benzene rings is 1. The molecule has 0 saturated carbocycles. The normalized spacial score (nSPS) is 25.8. The fourth-order valence-electron chi connectivity index (χ4n) is 3.29. The summed E-state index contributed by atoms with van der Waals surface area (Å²) >= 11 is 2.74. The first-order chi connectivity index (χ1) is 16.8. The number of aromatic nitrogens is 2. The molecule has 198 valence electrons. The Labute approximate surface area is 213 Å². The number of alkyl halides is 2. The van der Waals surface area contributed by atoms with Crippen molar-refractivity contribution in [2.24, 2.45) is 0 Å². The molecular formula is C21H26BrFN3O9P. The Morgan fingerprint density at radius 1 is 1.33 bits per heavy atom. The number of H-pyrrole nitrogens is 1. The SMILES string of the molecule is CCOC(=O)C(C)(C)N[P@@](=O)(OC[C@H]1O[C@@H](n2ccc(=O)[nH]c2=O)[C@@](F)(Br)[C@@H]1O)Oc1ccccc1.